The highest BCUT2D eigenvalue weighted by Crippen LogP contribution is 2.29. The molecule has 0 spiro atoms. The van der Waals surface area contributed by atoms with Crippen molar-refractivity contribution in [1.82, 2.24) is 10.6 Å². The number of hydrogen-bond acceptors (Lipinski definition) is 2. The van der Waals surface area contributed by atoms with E-state index in [-0.39, 0.29) is 5.91 Å². The zero-order valence-corrected chi connectivity index (χ0v) is 11.7. The Kier molecular flexibility index (Phi) is 5.40. The van der Waals surface area contributed by atoms with Crippen LogP contribution in [0.5, 0.6) is 0 Å². The highest BCUT2D eigenvalue weighted by molar-refractivity contribution is 5.78. The van der Waals surface area contributed by atoms with Crippen LogP contribution in [0.4, 0.5) is 0 Å². The van der Waals surface area contributed by atoms with E-state index in [2.05, 4.69) is 41.8 Å². The van der Waals surface area contributed by atoms with Crippen LogP contribution in [0.2, 0.25) is 0 Å². The minimum Gasteiger partial charge on any atom is -0.355 e. The number of fused-ring (bicyclic) bond motifs is 1. The molecule has 1 atom stereocenters. The molecular formula is C16H24N2O. The summed E-state index contributed by atoms with van der Waals surface area (Å²) in [5, 5.41) is 6.34. The van der Waals surface area contributed by atoms with Crippen LogP contribution < -0.4 is 10.6 Å². The van der Waals surface area contributed by atoms with Crippen molar-refractivity contribution in [2.45, 2.75) is 45.1 Å². The second kappa shape index (κ2) is 7.29. The zero-order chi connectivity index (χ0) is 13.5. The van der Waals surface area contributed by atoms with Crippen LogP contribution in [0.3, 0.4) is 0 Å². The van der Waals surface area contributed by atoms with Gasteiger partial charge in [0.2, 0.25) is 5.91 Å². The summed E-state index contributed by atoms with van der Waals surface area (Å²) in [6.45, 7) is 3.34. The van der Waals surface area contributed by atoms with Crippen LogP contribution in [0.15, 0.2) is 24.3 Å². The molecule has 104 valence electrons. The van der Waals surface area contributed by atoms with Crippen LogP contribution in [-0.4, -0.2) is 19.0 Å². The second-order valence-corrected chi connectivity index (χ2v) is 5.23. The fourth-order valence-corrected chi connectivity index (χ4v) is 2.65. The molecule has 1 aromatic rings. The number of amides is 1. The molecule has 3 nitrogen and oxygen atoms in total. The minimum absolute atomic E-state index is 0.108. The lowest BCUT2D eigenvalue weighted by Gasteiger charge is -2.26. The zero-order valence-electron chi connectivity index (χ0n) is 11.7. The van der Waals surface area contributed by atoms with E-state index < -0.39 is 0 Å². The summed E-state index contributed by atoms with van der Waals surface area (Å²) in [5.74, 6) is 0.108. The van der Waals surface area contributed by atoms with Crippen molar-refractivity contribution in [3.8, 4) is 0 Å². The molecule has 2 N–H and O–H groups in total. The molecule has 19 heavy (non-hydrogen) atoms. The van der Waals surface area contributed by atoms with Gasteiger partial charge in [0.25, 0.3) is 0 Å². The molecule has 2 rings (SSSR count). The van der Waals surface area contributed by atoms with E-state index in [1.165, 1.54) is 17.5 Å². The van der Waals surface area contributed by atoms with Crippen LogP contribution in [0.1, 0.15) is 49.8 Å². The number of unbranched alkanes of at least 4 members (excludes halogenated alkanes) is 1. The predicted molar refractivity (Wildman–Crippen MR) is 78.0 cm³/mol. The Morgan fingerprint density at radius 2 is 2.21 bits per heavy atom. The first kappa shape index (κ1) is 14.1. The number of carbonyl (C=O) groups excluding carboxylic acids is 1. The number of aryl methyl sites for hydroxylation is 1. The van der Waals surface area contributed by atoms with E-state index in [1.807, 2.05) is 0 Å². The molecule has 1 aliphatic rings. The molecule has 0 fully saturated rings. The number of rotatable bonds is 6. The summed E-state index contributed by atoms with van der Waals surface area (Å²) < 4.78 is 0. The smallest absolute Gasteiger partial charge is 0.233 e. The largest absolute Gasteiger partial charge is 0.355 e. The minimum atomic E-state index is 0.108. The molecule has 1 aliphatic carbocycles. The SMILES string of the molecule is CCCCNC(=O)CNC1CCCc2ccccc21. The van der Waals surface area contributed by atoms with E-state index in [4.69, 9.17) is 0 Å². The van der Waals surface area contributed by atoms with Crippen molar-refractivity contribution in [2.75, 3.05) is 13.1 Å². The molecule has 0 heterocycles. The first-order chi connectivity index (χ1) is 9.31. The average molecular weight is 260 g/mol. The van der Waals surface area contributed by atoms with Crippen molar-refractivity contribution in [2.24, 2.45) is 0 Å². The molecule has 0 radical (unpaired) electrons. The van der Waals surface area contributed by atoms with E-state index in [0.29, 0.717) is 12.6 Å². The van der Waals surface area contributed by atoms with Crippen molar-refractivity contribution < 1.29 is 4.79 Å². The molecule has 0 aromatic heterocycles. The van der Waals surface area contributed by atoms with Crippen molar-refractivity contribution in [3.05, 3.63) is 35.4 Å². The molecule has 1 unspecified atom stereocenters. The molecule has 0 aliphatic heterocycles. The van der Waals surface area contributed by atoms with Crippen molar-refractivity contribution in [3.63, 3.8) is 0 Å². The summed E-state index contributed by atoms with van der Waals surface area (Å²) in [4.78, 5) is 11.7. The van der Waals surface area contributed by atoms with Gasteiger partial charge in [-0.1, -0.05) is 37.6 Å². The van der Waals surface area contributed by atoms with Gasteiger partial charge in [0.1, 0.15) is 0 Å². The van der Waals surface area contributed by atoms with Crippen LogP contribution >= 0.6 is 0 Å². The standard InChI is InChI=1S/C16H24N2O/c1-2-3-11-17-16(19)12-18-15-10-6-8-13-7-4-5-9-14(13)15/h4-5,7,9,15,18H,2-3,6,8,10-12H2,1H3,(H,17,19). The highest BCUT2D eigenvalue weighted by atomic mass is 16.1. The monoisotopic (exact) mass is 260 g/mol. The quantitative estimate of drug-likeness (QED) is 0.772. The van der Waals surface area contributed by atoms with Crippen LogP contribution in [0, 0.1) is 0 Å². The third-order valence-corrected chi connectivity index (χ3v) is 3.73. The highest BCUT2D eigenvalue weighted by Gasteiger charge is 2.19. The molecule has 0 bridgehead atoms. The van der Waals surface area contributed by atoms with E-state index >= 15 is 0 Å². The summed E-state index contributed by atoms with van der Waals surface area (Å²) >= 11 is 0. The molecular weight excluding hydrogens is 236 g/mol. The van der Waals surface area contributed by atoms with Gasteiger partial charge < -0.3 is 10.6 Å². The Balaban J connectivity index is 1.82. The lowest BCUT2D eigenvalue weighted by molar-refractivity contribution is -0.120. The summed E-state index contributed by atoms with van der Waals surface area (Å²) in [6, 6.07) is 8.90. The van der Waals surface area contributed by atoms with Crippen molar-refractivity contribution >= 4 is 5.91 Å². The van der Waals surface area contributed by atoms with E-state index in [9.17, 15) is 4.79 Å². The number of hydrogen-bond donors (Lipinski definition) is 2. The maximum Gasteiger partial charge on any atom is 0.233 e. The van der Waals surface area contributed by atoms with Gasteiger partial charge in [-0.25, -0.2) is 0 Å². The molecule has 1 aromatic carbocycles. The molecule has 0 saturated carbocycles. The molecule has 1 amide bonds. The first-order valence-corrected chi connectivity index (χ1v) is 7.39. The Bertz CT molecular complexity index is 417. The van der Waals surface area contributed by atoms with Gasteiger partial charge in [-0.3, -0.25) is 4.79 Å². The van der Waals surface area contributed by atoms with E-state index in [1.54, 1.807) is 0 Å². The summed E-state index contributed by atoms with van der Waals surface area (Å²) in [5.41, 5.74) is 2.80. The van der Waals surface area contributed by atoms with E-state index in [0.717, 1.165) is 32.2 Å². The van der Waals surface area contributed by atoms with Gasteiger partial charge in [-0.2, -0.15) is 0 Å². The van der Waals surface area contributed by atoms with Crippen LogP contribution in [-0.2, 0) is 11.2 Å². The normalized spacial score (nSPS) is 17.8. The predicted octanol–water partition coefficient (Wildman–Crippen LogP) is 2.57. The fraction of sp³-hybridized carbons (Fsp3) is 0.562. The number of benzene rings is 1. The first-order valence-electron chi connectivity index (χ1n) is 7.39. The molecule has 0 saturated heterocycles. The fourth-order valence-electron chi connectivity index (χ4n) is 2.65. The maximum absolute atomic E-state index is 11.7. The number of nitrogens with one attached hydrogen (secondary N) is 2. The van der Waals surface area contributed by atoms with Gasteiger partial charge in [0, 0.05) is 12.6 Å². The Morgan fingerprint density at radius 3 is 3.05 bits per heavy atom. The summed E-state index contributed by atoms with van der Waals surface area (Å²) in [6.07, 6.45) is 5.66. The molecule has 3 heteroatoms. The topological polar surface area (TPSA) is 41.1 Å². The van der Waals surface area contributed by atoms with Gasteiger partial charge in [0.05, 0.1) is 6.54 Å². The lowest BCUT2D eigenvalue weighted by atomic mass is 9.88. The van der Waals surface area contributed by atoms with Crippen molar-refractivity contribution in [1.29, 1.82) is 0 Å². The van der Waals surface area contributed by atoms with Gasteiger partial charge in [-0.05, 0) is 36.8 Å². The third-order valence-electron chi connectivity index (χ3n) is 3.73. The lowest BCUT2D eigenvalue weighted by Crippen LogP contribution is -2.37. The van der Waals surface area contributed by atoms with Gasteiger partial charge in [-0.15, -0.1) is 0 Å². The van der Waals surface area contributed by atoms with Gasteiger partial charge >= 0.3 is 0 Å². The average Bonchev–Trinajstić information content (AvgIpc) is 2.45. The Hall–Kier alpha value is -1.35. The summed E-state index contributed by atoms with van der Waals surface area (Å²) in [7, 11) is 0. The second-order valence-electron chi connectivity index (χ2n) is 5.23. The van der Waals surface area contributed by atoms with Crippen LogP contribution in [0.25, 0.3) is 0 Å². The van der Waals surface area contributed by atoms with Gasteiger partial charge in [0.15, 0.2) is 0 Å². The number of carbonyl (C=O) groups is 1. The maximum atomic E-state index is 11.7. The third kappa shape index (κ3) is 4.06. The Morgan fingerprint density at radius 1 is 1.37 bits per heavy atom. The Labute approximate surface area is 115 Å².